The molecule has 1 aliphatic carbocycles. The number of nitrogens with zero attached hydrogens (tertiary/aromatic N) is 2. The van der Waals surface area contributed by atoms with Crippen molar-refractivity contribution in [3.63, 3.8) is 0 Å². The van der Waals surface area contributed by atoms with Crippen LogP contribution in [0.3, 0.4) is 0 Å². The minimum Gasteiger partial charge on any atom is -0.282 e. The van der Waals surface area contributed by atoms with Crippen molar-refractivity contribution >= 4 is 10.9 Å². The summed E-state index contributed by atoms with van der Waals surface area (Å²) in [6, 6.07) is 9.72. The van der Waals surface area contributed by atoms with Gasteiger partial charge in [-0.05, 0) is 36.5 Å². The van der Waals surface area contributed by atoms with Crippen molar-refractivity contribution in [2.24, 2.45) is 0 Å². The Kier molecular flexibility index (Phi) is 2.12. The Morgan fingerprint density at radius 2 is 2.00 bits per heavy atom. The van der Waals surface area contributed by atoms with Gasteiger partial charge in [0.1, 0.15) is 5.52 Å². The van der Waals surface area contributed by atoms with Crippen molar-refractivity contribution < 1.29 is 0 Å². The second-order valence-corrected chi connectivity index (χ2v) is 5.03. The van der Waals surface area contributed by atoms with Crippen LogP contribution in [0.1, 0.15) is 24.3 Å². The van der Waals surface area contributed by atoms with Gasteiger partial charge in [-0.25, -0.2) is 0 Å². The van der Waals surface area contributed by atoms with Crippen molar-refractivity contribution in [1.29, 1.82) is 0 Å². The molecule has 4 rings (SSSR count). The zero-order chi connectivity index (χ0) is 12.8. The second kappa shape index (κ2) is 3.82. The molecule has 2 heterocycles. The Labute approximate surface area is 109 Å². The Bertz CT molecular complexity index is 797. The number of nitrogens with one attached hydrogen (secondary N) is 1. The van der Waals surface area contributed by atoms with Gasteiger partial charge >= 0.3 is 0 Å². The number of benzene rings is 1. The summed E-state index contributed by atoms with van der Waals surface area (Å²) >= 11 is 0. The highest BCUT2D eigenvalue weighted by atomic mass is 16.1. The average molecular weight is 251 g/mol. The molecule has 19 heavy (non-hydrogen) atoms. The van der Waals surface area contributed by atoms with Gasteiger partial charge in [0.05, 0.1) is 6.20 Å². The topological polar surface area (TPSA) is 50.7 Å². The maximum Gasteiger partial charge on any atom is 0.280 e. The highest BCUT2D eigenvalue weighted by Gasteiger charge is 2.27. The molecule has 1 aliphatic rings. The van der Waals surface area contributed by atoms with Crippen LogP contribution in [-0.2, 0) is 0 Å². The number of hydrogen-bond donors (Lipinski definition) is 1. The van der Waals surface area contributed by atoms with Crippen LogP contribution in [0.4, 0.5) is 0 Å². The predicted octanol–water partition coefficient (Wildman–Crippen LogP) is 2.59. The first-order valence-electron chi connectivity index (χ1n) is 6.48. The summed E-state index contributed by atoms with van der Waals surface area (Å²) in [4.78, 5) is 12.5. The van der Waals surface area contributed by atoms with E-state index in [0.29, 0.717) is 11.4 Å². The lowest BCUT2D eigenvalue weighted by Crippen LogP contribution is -2.19. The smallest absolute Gasteiger partial charge is 0.280 e. The molecule has 0 radical (unpaired) electrons. The molecule has 0 unspecified atom stereocenters. The zero-order valence-corrected chi connectivity index (χ0v) is 10.3. The van der Waals surface area contributed by atoms with Crippen LogP contribution >= 0.6 is 0 Å². The first-order chi connectivity index (χ1) is 9.34. The number of pyridine rings is 1. The molecule has 0 spiro atoms. The molecule has 1 N–H and O–H groups in total. The van der Waals surface area contributed by atoms with E-state index in [1.807, 2.05) is 36.5 Å². The molecule has 0 aliphatic heterocycles. The van der Waals surface area contributed by atoms with Crippen molar-refractivity contribution in [1.82, 2.24) is 14.8 Å². The number of H-pyrrole nitrogens is 1. The lowest BCUT2D eigenvalue weighted by molar-refractivity contribution is 0.963. The molecule has 94 valence electrons. The van der Waals surface area contributed by atoms with E-state index in [9.17, 15) is 4.79 Å². The third-order valence-electron chi connectivity index (χ3n) is 3.70. The molecule has 1 fully saturated rings. The molecule has 2 aromatic heterocycles. The Hall–Kier alpha value is -2.36. The van der Waals surface area contributed by atoms with Gasteiger partial charge in [0, 0.05) is 17.3 Å². The molecule has 4 heteroatoms. The van der Waals surface area contributed by atoms with Gasteiger partial charge in [-0.1, -0.05) is 18.2 Å². The van der Waals surface area contributed by atoms with E-state index < -0.39 is 0 Å². The van der Waals surface area contributed by atoms with Crippen LogP contribution < -0.4 is 5.56 Å². The predicted molar refractivity (Wildman–Crippen MR) is 73.7 cm³/mol. The number of aromatic nitrogens is 3. The van der Waals surface area contributed by atoms with Crippen LogP contribution in [0.5, 0.6) is 0 Å². The van der Waals surface area contributed by atoms with E-state index in [-0.39, 0.29) is 5.56 Å². The molecule has 0 saturated heterocycles. The van der Waals surface area contributed by atoms with Crippen molar-refractivity contribution in [3.05, 3.63) is 58.6 Å². The quantitative estimate of drug-likeness (QED) is 0.761. The summed E-state index contributed by atoms with van der Waals surface area (Å²) in [5, 5.41) is 7.84. The van der Waals surface area contributed by atoms with Crippen molar-refractivity contribution in [2.45, 2.75) is 18.8 Å². The summed E-state index contributed by atoms with van der Waals surface area (Å²) in [5.74, 6) is 0.579. The third-order valence-corrected chi connectivity index (χ3v) is 3.70. The number of aromatic amines is 1. The van der Waals surface area contributed by atoms with Crippen LogP contribution in [0.15, 0.2) is 47.5 Å². The second-order valence-electron chi connectivity index (χ2n) is 5.03. The molecular formula is C15H13N3O. The lowest BCUT2D eigenvalue weighted by atomic mass is 10.1. The van der Waals surface area contributed by atoms with E-state index in [4.69, 9.17) is 0 Å². The normalized spacial score (nSPS) is 14.9. The molecule has 0 bridgehead atoms. The van der Waals surface area contributed by atoms with Crippen LogP contribution in [0.2, 0.25) is 0 Å². The molecular weight excluding hydrogens is 238 g/mol. The SMILES string of the molecule is O=c1c2[nH]ncc2c(C2CC2)cn1-c1ccccc1. The molecule has 1 saturated carbocycles. The molecule has 4 nitrogen and oxygen atoms in total. The fourth-order valence-corrected chi connectivity index (χ4v) is 2.56. The number of fused-ring (bicyclic) bond motifs is 1. The van der Waals surface area contributed by atoms with E-state index >= 15 is 0 Å². The van der Waals surface area contributed by atoms with Gasteiger partial charge in [-0.3, -0.25) is 14.5 Å². The Morgan fingerprint density at radius 1 is 1.21 bits per heavy atom. The van der Waals surface area contributed by atoms with Gasteiger partial charge in [-0.15, -0.1) is 0 Å². The van der Waals surface area contributed by atoms with Gasteiger partial charge in [-0.2, -0.15) is 5.10 Å². The first kappa shape index (κ1) is 10.6. The Morgan fingerprint density at radius 3 is 2.74 bits per heavy atom. The summed E-state index contributed by atoms with van der Waals surface area (Å²) in [7, 11) is 0. The van der Waals surface area contributed by atoms with Crippen molar-refractivity contribution in [3.8, 4) is 5.69 Å². The fourth-order valence-electron chi connectivity index (χ4n) is 2.56. The summed E-state index contributed by atoms with van der Waals surface area (Å²) < 4.78 is 1.72. The maximum absolute atomic E-state index is 12.5. The molecule has 3 aromatic rings. The summed E-state index contributed by atoms with van der Waals surface area (Å²) in [6.45, 7) is 0. The van der Waals surface area contributed by atoms with E-state index in [0.717, 1.165) is 11.1 Å². The highest BCUT2D eigenvalue weighted by molar-refractivity contribution is 5.81. The molecule has 0 atom stereocenters. The largest absolute Gasteiger partial charge is 0.282 e. The monoisotopic (exact) mass is 251 g/mol. The van der Waals surface area contributed by atoms with E-state index in [2.05, 4.69) is 10.2 Å². The van der Waals surface area contributed by atoms with Gasteiger partial charge in [0.15, 0.2) is 0 Å². The standard InChI is InChI=1S/C15H13N3O/c19-15-14-12(8-16-17-14)13(10-6-7-10)9-18(15)11-4-2-1-3-5-11/h1-5,8-10H,6-7H2,(H,16,17). The van der Waals surface area contributed by atoms with Crippen LogP contribution in [-0.4, -0.2) is 14.8 Å². The highest BCUT2D eigenvalue weighted by Crippen LogP contribution is 2.42. The van der Waals surface area contributed by atoms with Crippen LogP contribution in [0.25, 0.3) is 16.6 Å². The summed E-state index contributed by atoms with van der Waals surface area (Å²) in [5.41, 5.74) is 2.69. The molecule has 1 aromatic carbocycles. The number of rotatable bonds is 2. The summed E-state index contributed by atoms with van der Waals surface area (Å²) in [6.07, 6.45) is 6.15. The Balaban J connectivity index is 2.06. The number of para-hydroxylation sites is 1. The third kappa shape index (κ3) is 1.60. The first-order valence-corrected chi connectivity index (χ1v) is 6.48. The number of hydrogen-bond acceptors (Lipinski definition) is 2. The van der Waals surface area contributed by atoms with Crippen molar-refractivity contribution in [2.75, 3.05) is 0 Å². The van der Waals surface area contributed by atoms with Gasteiger partial charge in [0.2, 0.25) is 0 Å². The van der Waals surface area contributed by atoms with E-state index in [1.165, 1.54) is 18.4 Å². The lowest BCUT2D eigenvalue weighted by Gasteiger charge is -2.09. The minimum atomic E-state index is -0.0388. The minimum absolute atomic E-state index is 0.0388. The fraction of sp³-hybridized carbons (Fsp3) is 0.200. The van der Waals surface area contributed by atoms with E-state index in [1.54, 1.807) is 10.8 Å². The van der Waals surface area contributed by atoms with Crippen LogP contribution in [0, 0.1) is 0 Å². The average Bonchev–Trinajstić information content (AvgIpc) is 3.16. The van der Waals surface area contributed by atoms with Gasteiger partial charge < -0.3 is 0 Å². The maximum atomic E-state index is 12.5. The van der Waals surface area contributed by atoms with Gasteiger partial charge in [0.25, 0.3) is 5.56 Å². The zero-order valence-electron chi connectivity index (χ0n) is 10.3. The molecule has 0 amide bonds.